The summed E-state index contributed by atoms with van der Waals surface area (Å²) in [5.41, 5.74) is -0.429. The summed E-state index contributed by atoms with van der Waals surface area (Å²) in [6, 6.07) is 0. The Morgan fingerprint density at radius 2 is 1.78 bits per heavy atom. The molecule has 0 atom stereocenters. The number of nitrogens with one attached hydrogen (secondary N) is 1. The van der Waals surface area contributed by atoms with Gasteiger partial charge in [0.25, 0.3) is 11.8 Å². The van der Waals surface area contributed by atoms with Crippen molar-refractivity contribution in [3.05, 3.63) is 36.7 Å². The Kier molecular flexibility index (Phi) is 6.67. The number of carboxylic acids is 1. The van der Waals surface area contributed by atoms with Gasteiger partial charge in [0.2, 0.25) is 0 Å². The third-order valence-electron chi connectivity index (χ3n) is 3.17. The van der Waals surface area contributed by atoms with E-state index in [4.69, 9.17) is 9.84 Å². The van der Waals surface area contributed by atoms with E-state index in [1.54, 1.807) is 0 Å². The van der Waals surface area contributed by atoms with Crippen LogP contribution in [0, 0.1) is 0 Å². The molecular formula is C15H21N3O5. The van der Waals surface area contributed by atoms with Crippen molar-refractivity contribution < 1.29 is 24.2 Å². The number of rotatable bonds is 7. The van der Waals surface area contributed by atoms with E-state index in [2.05, 4.69) is 25.1 Å². The molecule has 1 aliphatic heterocycles. The number of aliphatic carboxylic acids is 1. The van der Waals surface area contributed by atoms with Crippen LogP contribution in [0.2, 0.25) is 0 Å². The van der Waals surface area contributed by atoms with Crippen molar-refractivity contribution in [2.45, 2.75) is 6.92 Å². The van der Waals surface area contributed by atoms with Crippen LogP contribution in [0.1, 0.15) is 6.92 Å². The van der Waals surface area contributed by atoms with Gasteiger partial charge < -0.3 is 15.2 Å². The summed E-state index contributed by atoms with van der Waals surface area (Å²) < 4.78 is 5.23. The first kappa shape index (κ1) is 18.6. The molecule has 126 valence electrons. The Bertz CT molecular complexity index is 549. The van der Waals surface area contributed by atoms with Gasteiger partial charge in [0, 0.05) is 18.7 Å². The second kappa shape index (κ2) is 8.25. The van der Waals surface area contributed by atoms with Gasteiger partial charge in [0.05, 0.1) is 19.9 Å². The molecule has 0 bridgehead atoms. The van der Waals surface area contributed by atoms with Crippen LogP contribution in [0.5, 0.6) is 0 Å². The molecule has 8 heteroatoms. The van der Waals surface area contributed by atoms with Crippen LogP contribution in [0.15, 0.2) is 36.7 Å². The van der Waals surface area contributed by atoms with Crippen LogP contribution in [0.4, 0.5) is 0 Å². The maximum atomic E-state index is 12.3. The predicted molar refractivity (Wildman–Crippen MR) is 83.0 cm³/mol. The highest BCUT2D eigenvalue weighted by Gasteiger charge is 2.26. The number of amides is 2. The highest BCUT2D eigenvalue weighted by Crippen LogP contribution is 2.11. The van der Waals surface area contributed by atoms with Crippen molar-refractivity contribution in [3.8, 4) is 0 Å². The van der Waals surface area contributed by atoms with Gasteiger partial charge >= 0.3 is 5.97 Å². The van der Waals surface area contributed by atoms with Crippen LogP contribution in [-0.4, -0.2) is 65.7 Å². The zero-order chi connectivity index (χ0) is 17.6. The van der Waals surface area contributed by atoms with Crippen molar-refractivity contribution >= 4 is 17.8 Å². The number of nitrogens with zero attached hydrogens (tertiary/aromatic N) is 2. The third-order valence-corrected chi connectivity index (χ3v) is 3.17. The van der Waals surface area contributed by atoms with Crippen molar-refractivity contribution in [1.82, 2.24) is 15.1 Å². The second-order valence-electron chi connectivity index (χ2n) is 5.07. The highest BCUT2D eigenvalue weighted by molar-refractivity contribution is 6.04. The molecule has 2 N–H and O–H groups in total. The van der Waals surface area contributed by atoms with Crippen molar-refractivity contribution in [3.63, 3.8) is 0 Å². The second-order valence-corrected chi connectivity index (χ2v) is 5.07. The Morgan fingerprint density at radius 3 is 2.26 bits per heavy atom. The van der Waals surface area contributed by atoms with Crippen LogP contribution < -0.4 is 5.32 Å². The molecule has 1 fully saturated rings. The molecule has 0 aliphatic carbocycles. The first-order valence-electron chi connectivity index (χ1n) is 6.94. The Labute approximate surface area is 134 Å². The topological polar surface area (TPSA) is 99.2 Å². The smallest absolute Gasteiger partial charge is 0.351 e. The molecule has 0 aromatic rings. The van der Waals surface area contributed by atoms with Crippen molar-refractivity contribution in [2.24, 2.45) is 0 Å². The molecule has 0 aromatic carbocycles. The van der Waals surface area contributed by atoms with E-state index in [0.29, 0.717) is 26.3 Å². The van der Waals surface area contributed by atoms with Crippen molar-refractivity contribution in [2.75, 3.05) is 33.0 Å². The SMILES string of the molecule is C=C(C)C(=O)N(CN1CCOCC1)C(=C)C(=O)NC(=C)C(=O)O. The lowest BCUT2D eigenvalue weighted by Gasteiger charge is -2.33. The Balaban J connectivity index is 2.85. The lowest BCUT2D eigenvalue weighted by atomic mass is 10.2. The maximum Gasteiger partial charge on any atom is 0.351 e. The van der Waals surface area contributed by atoms with Crippen LogP contribution in [-0.2, 0) is 19.1 Å². The monoisotopic (exact) mass is 323 g/mol. The zero-order valence-corrected chi connectivity index (χ0v) is 13.1. The summed E-state index contributed by atoms with van der Waals surface area (Å²) in [6.45, 7) is 14.3. The van der Waals surface area contributed by atoms with Crippen LogP contribution in [0.25, 0.3) is 0 Å². The van der Waals surface area contributed by atoms with Crippen LogP contribution in [0.3, 0.4) is 0 Å². The number of morpholine rings is 1. The Hall–Kier alpha value is -2.45. The van der Waals surface area contributed by atoms with Crippen LogP contribution >= 0.6 is 0 Å². The van der Waals surface area contributed by atoms with E-state index in [0.717, 1.165) is 4.90 Å². The number of carbonyl (C=O) groups excluding carboxylic acids is 2. The maximum absolute atomic E-state index is 12.3. The lowest BCUT2D eigenvalue weighted by molar-refractivity contribution is -0.134. The fourth-order valence-electron chi connectivity index (χ4n) is 1.83. The number of carboxylic acid groups (broad SMARTS) is 1. The van der Waals surface area contributed by atoms with Gasteiger partial charge in [-0.1, -0.05) is 19.7 Å². The molecule has 1 aliphatic rings. The normalized spacial score (nSPS) is 14.7. The molecule has 0 aromatic heterocycles. The molecular weight excluding hydrogens is 302 g/mol. The van der Waals surface area contributed by atoms with Gasteiger partial charge in [0.15, 0.2) is 0 Å². The molecule has 1 rings (SSSR count). The molecule has 0 radical (unpaired) electrons. The summed E-state index contributed by atoms with van der Waals surface area (Å²) in [4.78, 5) is 38.2. The quantitative estimate of drug-likeness (QED) is 0.635. The summed E-state index contributed by atoms with van der Waals surface area (Å²) in [5.74, 6) is -2.63. The molecule has 0 saturated carbocycles. The molecule has 23 heavy (non-hydrogen) atoms. The van der Waals surface area contributed by atoms with Gasteiger partial charge in [-0.2, -0.15) is 0 Å². The number of carbonyl (C=O) groups is 3. The van der Waals surface area contributed by atoms with E-state index in [1.807, 2.05) is 4.90 Å². The van der Waals surface area contributed by atoms with E-state index in [-0.39, 0.29) is 17.9 Å². The number of hydrogen-bond acceptors (Lipinski definition) is 5. The molecule has 8 nitrogen and oxygen atoms in total. The minimum Gasteiger partial charge on any atom is -0.477 e. The van der Waals surface area contributed by atoms with E-state index in [9.17, 15) is 14.4 Å². The molecule has 2 amide bonds. The van der Waals surface area contributed by atoms with Gasteiger partial charge in [-0.05, 0) is 6.92 Å². The summed E-state index contributed by atoms with van der Waals surface area (Å²) >= 11 is 0. The fourth-order valence-corrected chi connectivity index (χ4v) is 1.83. The first-order chi connectivity index (χ1) is 10.7. The summed E-state index contributed by atoms with van der Waals surface area (Å²) in [6.07, 6.45) is 0. The summed E-state index contributed by atoms with van der Waals surface area (Å²) in [7, 11) is 0. The van der Waals surface area contributed by atoms with Gasteiger partial charge in [-0.25, -0.2) is 4.79 Å². The molecule has 0 spiro atoms. The lowest BCUT2D eigenvalue weighted by Crippen LogP contribution is -2.48. The first-order valence-corrected chi connectivity index (χ1v) is 6.94. The minimum absolute atomic E-state index is 0.140. The largest absolute Gasteiger partial charge is 0.477 e. The number of ether oxygens (including phenoxy) is 1. The summed E-state index contributed by atoms with van der Waals surface area (Å²) in [5, 5.41) is 10.8. The van der Waals surface area contributed by atoms with Gasteiger partial charge in [-0.3, -0.25) is 19.4 Å². The average Bonchev–Trinajstić information content (AvgIpc) is 2.51. The van der Waals surface area contributed by atoms with E-state index >= 15 is 0 Å². The fraction of sp³-hybridized carbons (Fsp3) is 0.400. The predicted octanol–water partition coefficient (Wildman–Crippen LogP) is -0.0910. The van der Waals surface area contributed by atoms with Gasteiger partial charge in [0.1, 0.15) is 11.4 Å². The molecule has 0 unspecified atom stereocenters. The molecule has 1 saturated heterocycles. The standard InChI is InChI=1S/C15H21N3O5/c1-10(2)14(20)18(9-17-5-7-23-8-6-17)12(4)13(19)16-11(3)15(21)22/h1,3-9H2,2H3,(H,16,19)(H,21,22). The van der Waals surface area contributed by atoms with E-state index in [1.165, 1.54) is 6.92 Å². The van der Waals surface area contributed by atoms with Gasteiger partial charge in [-0.15, -0.1) is 0 Å². The Morgan fingerprint density at radius 1 is 1.22 bits per heavy atom. The highest BCUT2D eigenvalue weighted by atomic mass is 16.5. The molecule has 1 heterocycles. The minimum atomic E-state index is -1.36. The average molecular weight is 323 g/mol. The zero-order valence-electron chi connectivity index (χ0n) is 13.1. The van der Waals surface area contributed by atoms with Crippen molar-refractivity contribution in [1.29, 1.82) is 0 Å². The third kappa shape index (κ3) is 5.35. The van der Waals surface area contributed by atoms with E-state index < -0.39 is 23.5 Å². The number of hydrogen-bond donors (Lipinski definition) is 2.